The Kier molecular flexibility index (Phi) is 8.31. The topological polar surface area (TPSA) is 153 Å². The number of nitrogens with zero attached hydrogens (tertiary/aromatic N) is 4. The molecule has 0 fully saturated rings. The van der Waals surface area contributed by atoms with Crippen LogP contribution in [-0.4, -0.2) is 72.6 Å². The zero-order valence-electron chi connectivity index (χ0n) is 18.3. The first kappa shape index (κ1) is 24.1. The lowest BCUT2D eigenvalue weighted by molar-refractivity contribution is -0.132. The Morgan fingerprint density at radius 1 is 1.35 bits per heavy atom. The molecule has 31 heavy (non-hydrogen) atoms. The molecule has 3 heterocycles. The van der Waals surface area contributed by atoms with Crippen molar-refractivity contribution in [3.63, 3.8) is 0 Å². The lowest BCUT2D eigenvalue weighted by Gasteiger charge is -2.27. The number of H-pyrrole nitrogens is 1. The lowest BCUT2D eigenvalue weighted by Crippen LogP contribution is -2.38. The Bertz CT molecular complexity index is 935. The normalized spacial score (nSPS) is 13.6. The van der Waals surface area contributed by atoms with Crippen LogP contribution < -0.4 is 5.32 Å². The third-order valence-corrected chi connectivity index (χ3v) is 5.40. The number of aliphatic hydroxyl groups is 1. The van der Waals surface area contributed by atoms with E-state index in [2.05, 4.69) is 20.6 Å². The highest BCUT2D eigenvalue weighted by atomic mass is 16.3. The van der Waals surface area contributed by atoms with Crippen molar-refractivity contribution >= 4 is 18.3 Å². The van der Waals surface area contributed by atoms with Crippen molar-refractivity contribution in [2.45, 2.75) is 52.6 Å². The van der Waals surface area contributed by atoms with Crippen molar-refractivity contribution in [3.05, 3.63) is 33.9 Å². The molecule has 11 heteroatoms. The summed E-state index contributed by atoms with van der Waals surface area (Å²) in [5.74, 6) is -0.218. The summed E-state index contributed by atoms with van der Waals surface area (Å²) in [7, 11) is 1.91. The summed E-state index contributed by atoms with van der Waals surface area (Å²) in [6.45, 7) is 6.32. The molecule has 1 unspecified atom stereocenters. The molecular weight excluding hydrogens is 404 g/mol. The van der Waals surface area contributed by atoms with Crippen molar-refractivity contribution in [3.8, 4) is 0 Å². The number of aryl methyl sites for hydroxylation is 2. The molecule has 0 radical (unpaired) electrons. The van der Waals surface area contributed by atoms with E-state index in [-0.39, 0.29) is 30.9 Å². The fraction of sp³-hybridized carbons (Fsp3) is 0.550. The fourth-order valence-corrected chi connectivity index (χ4v) is 3.63. The number of fused-ring (bicyclic) bond motifs is 1. The summed E-state index contributed by atoms with van der Waals surface area (Å²) in [5.41, 5.74) is 5.19. The van der Waals surface area contributed by atoms with Crippen LogP contribution in [-0.2, 0) is 36.0 Å². The van der Waals surface area contributed by atoms with Crippen molar-refractivity contribution in [2.24, 2.45) is 7.05 Å². The van der Waals surface area contributed by atoms with Crippen molar-refractivity contribution in [1.29, 1.82) is 0 Å². The highest BCUT2D eigenvalue weighted by molar-refractivity contribution is 5.94. The van der Waals surface area contributed by atoms with Crippen molar-refractivity contribution < 1.29 is 24.6 Å². The summed E-state index contributed by atoms with van der Waals surface area (Å²) in [5, 5.41) is 30.1. The number of carboxylic acid groups (broad SMARTS) is 1. The van der Waals surface area contributed by atoms with E-state index in [1.54, 1.807) is 11.8 Å². The zero-order valence-corrected chi connectivity index (χ0v) is 18.3. The molecule has 2 aromatic rings. The first-order valence-corrected chi connectivity index (χ1v) is 10.1. The quantitative estimate of drug-likeness (QED) is 0.470. The van der Waals surface area contributed by atoms with E-state index in [1.807, 2.05) is 25.6 Å². The molecule has 3 rings (SSSR count). The number of rotatable bonds is 6. The molecule has 2 aromatic heterocycles. The maximum Gasteiger partial charge on any atom is 0.290 e. The van der Waals surface area contributed by atoms with Gasteiger partial charge in [0.05, 0.1) is 24.5 Å². The van der Waals surface area contributed by atoms with E-state index in [0.29, 0.717) is 38.0 Å². The van der Waals surface area contributed by atoms with Gasteiger partial charge in [0, 0.05) is 37.3 Å². The van der Waals surface area contributed by atoms with Crippen LogP contribution in [0.5, 0.6) is 0 Å². The molecule has 1 aliphatic heterocycles. The number of aromatic nitrogens is 4. The van der Waals surface area contributed by atoms with Crippen LogP contribution in [0.4, 0.5) is 0 Å². The van der Waals surface area contributed by atoms with E-state index in [1.165, 1.54) is 0 Å². The average molecular weight is 434 g/mol. The molecule has 0 bridgehead atoms. The number of amides is 2. The predicted octanol–water partition coefficient (Wildman–Crippen LogP) is 0.0889. The highest BCUT2D eigenvalue weighted by Gasteiger charge is 2.28. The molecule has 0 saturated carbocycles. The van der Waals surface area contributed by atoms with Gasteiger partial charge in [-0.25, -0.2) is 0 Å². The molecular formula is C20H30N6O5. The van der Waals surface area contributed by atoms with E-state index in [0.717, 1.165) is 28.2 Å². The molecule has 4 N–H and O–H groups in total. The minimum absolute atomic E-state index is 0.0859. The molecule has 11 nitrogen and oxygen atoms in total. The second kappa shape index (κ2) is 10.7. The van der Waals surface area contributed by atoms with Crippen LogP contribution in [0.1, 0.15) is 52.0 Å². The van der Waals surface area contributed by atoms with E-state index in [9.17, 15) is 9.59 Å². The van der Waals surface area contributed by atoms with Gasteiger partial charge in [0.2, 0.25) is 5.91 Å². The minimum atomic E-state index is -0.332. The monoisotopic (exact) mass is 434 g/mol. The summed E-state index contributed by atoms with van der Waals surface area (Å²) < 4.78 is 1.84. The number of nitrogens with one attached hydrogen (secondary N) is 2. The van der Waals surface area contributed by atoms with Gasteiger partial charge < -0.3 is 20.4 Å². The van der Waals surface area contributed by atoms with Gasteiger partial charge >= 0.3 is 0 Å². The Balaban J connectivity index is 0.00000107. The molecule has 0 aliphatic carbocycles. The van der Waals surface area contributed by atoms with E-state index >= 15 is 0 Å². The minimum Gasteiger partial charge on any atom is -0.483 e. The van der Waals surface area contributed by atoms with Gasteiger partial charge in [-0.3, -0.25) is 24.2 Å². The number of aromatic amines is 1. The van der Waals surface area contributed by atoms with Crippen LogP contribution >= 0.6 is 0 Å². The van der Waals surface area contributed by atoms with Crippen LogP contribution in [0.2, 0.25) is 0 Å². The lowest BCUT2D eigenvalue weighted by atomic mass is 10.0. The first-order chi connectivity index (χ1) is 14.7. The Hall–Kier alpha value is -3.21. The molecule has 0 saturated heterocycles. The third-order valence-electron chi connectivity index (χ3n) is 5.40. The Morgan fingerprint density at radius 3 is 2.61 bits per heavy atom. The smallest absolute Gasteiger partial charge is 0.290 e. The van der Waals surface area contributed by atoms with Crippen LogP contribution in [0.3, 0.4) is 0 Å². The maximum absolute atomic E-state index is 12.7. The van der Waals surface area contributed by atoms with Crippen LogP contribution in [0, 0.1) is 13.8 Å². The van der Waals surface area contributed by atoms with Crippen LogP contribution in [0.15, 0.2) is 0 Å². The van der Waals surface area contributed by atoms with Gasteiger partial charge in [0.25, 0.3) is 12.4 Å². The highest BCUT2D eigenvalue weighted by Crippen LogP contribution is 2.22. The van der Waals surface area contributed by atoms with Gasteiger partial charge in [-0.2, -0.15) is 10.2 Å². The fourth-order valence-electron chi connectivity index (χ4n) is 3.63. The largest absolute Gasteiger partial charge is 0.483 e. The number of aliphatic hydroxyl groups excluding tert-OH is 1. The number of hydrogen-bond acceptors (Lipinski definition) is 6. The zero-order chi connectivity index (χ0) is 23.1. The van der Waals surface area contributed by atoms with E-state index in [4.69, 9.17) is 15.0 Å². The number of carbonyl (C=O) groups is 3. The van der Waals surface area contributed by atoms with Gasteiger partial charge in [0.1, 0.15) is 0 Å². The first-order valence-electron chi connectivity index (χ1n) is 10.1. The third kappa shape index (κ3) is 5.69. The van der Waals surface area contributed by atoms with Gasteiger partial charge in [-0.1, -0.05) is 0 Å². The summed E-state index contributed by atoms with van der Waals surface area (Å²) in [6.07, 6.45) is 1.68. The standard InChI is InChI=1S/C19H28N6O3.CH2O2/c1-11(10-26)20-19(28)18-15-7-8-25(9-16(15)21-22-18)17(27)6-5-14-12(2)23-24(4)13(14)3;2-1-3/h11,26H,5-10H2,1-4H3,(H,20,28)(H,21,22);1H,(H,2,3). The second-order valence-electron chi connectivity index (χ2n) is 7.53. The second-order valence-corrected chi connectivity index (χ2v) is 7.53. The number of hydrogen-bond donors (Lipinski definition) is 4. The average Bonchev–Trinajstić information content (AvgIpc) is 3.26. The molecule has 2 amide bonds. The molecule has 0 spiro atoms. The summed E-state index contributed by atoms with van der Waals surface area (Å²) in [4.78, 5) is 35.2. The van der Waals surface area contributed by atoms with Crippen molar-refractivity contribution in [2.75, 3.05) is 13.2 Å². The molecule has 1 aliphatic rings. The van der Waals surface area contributed by atoms with Crippen LogP contribution in [0.25, 0.3) is 0 Å². The predicted molar refractivity (Wildman–Crippen MR) is 111 cm³/mol. The summed E-state index contributed by atoms with van der Waals surface area (Å²) in [6, 6.07) is -0.332. The molecule has 170 valence electrons. The van der Waals surface area contributed by atoms with Gasteiger partial charge in [0.15, 0.2) is 5.69 Å². The maximum atomic E-state index is 12.7. The van der Waals surface area contributed by atoms with E-state index < -0.39 is 0 Å². The van der Waals surface area contributed by atoms with Gasteiger partial charge in [-0.15, -0.1) is 0 Å². The Labute approximate surface area is 180 Å². The van der Waals surface area contributed by atoms with Crippen molar-refractivity contribution in [1.82, 2.24) is 30.2 Å². The van der Waals surface area contributed by atoms with Gasteiger partial charge in [-0.05, 0) is 39.2 Å². The number of carbonyl (C=O) groups excluding carboxylic acids is 2. The summed E-state index contributed by atoms with van der Waals surface area (Å²) >= 11 is 0. The Morgan fingerprint density at radius 2 is 2.03 bits per heavy atom. The molecule has 1 atom stereocenters. The SMILES string of the molecule is Cc1nn(C)c(C)c1CCC(=O)N1CCc2c(C(=O)NC(C)CO)n[nH]c2C1.O=CO. The molecule has 0 aromatic carbocycles.